The van der Waals surface area contributed by atoms with Gasteiger partial charge in [0.05, 0.1) is 17.8 Å². The van der Waals surface area contributed by atoms with E-state index in [1.807, 2.05) is 50.4 Å². The maximum Gasteiger partial charge on any atom is 0.313 e. The fourth-order valence-corrected chi connectivity index (χ4v) is 4.96. The van der Waals surface area contributed by atoms with Gasteiger partial charge in [0.25, 0.3) is 0 Å². The van der Waals surface area contributed by atoms with Crippen molar-refractivity contribution in [2.45, 2.75) is 30.4 Å². The molecular formula is C24H33N3O4S. The van der Waals surface area contributed by atoms with Crippen LogP contribution in [0.2, 0.25) is 0 Å². The van der Waals surface area contributed by atoms with E-state index >= 15 is 0 Å². The molecule has 0 N–H and O–H groups in total. The number of hydrogen-bond donors (Lipinski definition) is 0. The highest BCUT2D eigenvalue weighted by atomic mass is 32.2. The molecule has 0 spiro atoms. The van der Waals surface area contributed by atoms with Gasteiger partial charge in [0, 0.05) is 29.6 Å². The summed E-state index contributed by atoms with van der Waals surface area (Å²) in [6.45, 7) is 5.48. The smallest absolute Gasteiger partial charge is 0.313 e. The van der Waals surface area contributed by atoms with Crippen LogP contribution in [-0.2, 0) is 9.53 Å². The summed E-state index contributed by atoms with van der Waals surface area (Å²) in [6, 6.07) is 11.9. The summed E-state index contributed by atoms with van der Waals surface area (Å²) in [4.78, 5) is 28.0. The van der Waals surface area contributed by atoms with Crippen molar-refractivity contribution in [2.24, 2.45) is 4.58 Å². The zero-order valence-corrected chi connectivity index (χ0v) is 20.2. The lowest BCUT2D eigenvalue weighted by Gasteiger charge is -2.40. The lowest BCUT2D eigenvalue weighted by molar-refractivity contribution is -0.145. The van der Waals surface area contributed by atoms with Crippen molar-refractivity contribution in [3.8, 4) is 5.75 Å². The Kier molecular flexibility index (Phi) is 8.51. The van der Waals surface area contributed by atoms with Crippen molar-refractivity contribution in [3.63, 3.8) is 0 Å². The molecule has 7 nitrogen and oxygen atoms in total. The van der Waals surface area contributed by atoms with Crippen LogP contribution in [0.1, 0.15) is 31.2 Å². The number of benzene rings is 2. The number of methoxy groups -OCH3 is 1. The summed E-state index contributed by atoms with van der Waals surface area (Å²) in [5, 5.41) is 2.13. The molecule has 1 heterocycles. The molecule has 0 radical (unpaired) electrons. The molecule has 3 rings (SSSR count). The Hall–Kier alpha value is -2.16. The maximum atomic E-state index is 12.6. The summed E-state index contributed by atoms with van der Waals surface area (Å²) >= 11 is 1.16. The predicted molar refractivity (Wildman–Crippen MR) is 130 cm³/mol. The van der Waals surface area contributed by atoms with Gasteiger partial charge in [-0.2, -0.15) is 0 Å². The van der Waals surface area contributed by atoms with E-state index in [1.165, 1.54) is 0 Å². The highest BCUT2D eigenvalue weighted by Crippen LogP contribution is 2.37. The molecule has 0 unspecified atom stereocenters. The molecule has 1 saturated heterocycles. The van der Waals surface area contributed by atoms with Crippen LogP contribution in [0.3, 0.4) is 0 Å². The topological polar surface area (TPSA) is 71.4 Å². The van der Waals surface area contributed by atoms with Gasteiger partial charge in [-0.1, -0.05) is 24.3 Å². The van der Waals surface area contributed by atoms with Gasteiger partial charge >= 0.3 is 5.97 Å². The molecule has 1 fully saturated rings. The molecule has 0 aliphatic carbocycles. The number of hydrogen-bond acceptors (Lipinski definition) is 8. The van der Waals surface area contributed by atoms with Crippen LogP contribution < -0.4 is 4.74 Å². The van der Waals surface area contributed by atoms with Crippen molar-refractivity contribution in [1.29, 1.82) is 0 Å². The SMILES string of the molecule is COc1ccc2cc([C@H](C)C(=O)OCCN(C)CC3(SN=O)CCN(C)CC3)ccc2c1. The van der Waals surface area contributed by atoms with Crippen LogP contribution in [0.25, 0.3) is 10.8 Å². The highest BCUT2D eigenvalue weighted by Gasteiger charge is 2.36. The Morgan fingerprint density at radius 1 is 1.22 bits per heavy atom. The molecule has 1 aliphatic heterocycles. The lowest BCUT2D eigenvalue weighted by Crippen LogP contribution is -2.47. The molecule has 174 valence electrons. The van der Waals surface area contributed by atoms with Crippen molar-refractivity contribution < 1.29 is 14.3 Å². The van der Waals surface area contributed by atoms with Crippen LogP contribution in [-0.4, -0.2) is 74.5 Å². The van der Waals surface area contributed by atoms with E-state index in [0.29, 0.717) is 13.2 Å². The van der Waals surface area contributed by atoms with Gasteiger partial charge in [-0.25, -0.2) is 0 Å². The van der Waals surface area contributed by atoms with Gasteiger partial charge in [0.2, 0.25) is 0 Å². The number of nitroso groups, excluding NO2 is 1. The number of nitrogens with zero attached hydrogens (tertiary/aromatic N) is 3. The first kappa shape index (κ1) is 24.5. The average Bonchev–Trinajstić information content (AvgIpc) is 2.80. The molecule has 1 atom stereocenters. The molecule has 32 heavy (non-hydrogen) atoms. The van der Waals surface area contributed by atoms with Crippen molar-refractivity contribution >= 4 is 28.7 Å². The number of piperidine rings is 1. The fraction of sp³-hybridized carbons (Fsp3) is 0.542. The fourth-order valence-electron chi connectivity index (χ4n) is 4.16. The van der Waals surface area contributed by atoms with Gasteiger partial charge in [-0.15, -0.1) is 4.91 Å². The Labute approximate surface area is 194 Å². The molecular weight excluding hydrogens is 426 g/mol. The molecule has 0 amide bonds. The number of carbonyl (C=O) groups excluding carboxylic acids is 1. The summed E-state index contributed by atoms with van der Waals surface area (Å²) in [7, 11) is 5.75. The van der Waals surface area contributed by atoms with Crippen molar-refractivity contribution in [3.05, 3.63) is 46.9 Å². The minimum Gasteiger partial charge on any atom is -0.497 e. The normalized spacial score (nSPS) is 17.3. The molecule has 1 aliphatic rings. The monoisotopic (exact) mass is 459 g/mol. The number of rotatable bonds is 10. The summed E-state index contributed by atoms with van der Waals surface area (Å²) < 4.78 is 13.8. The van der Waals surface area contributed by atoms with Crippen LogP contribution in [0, 0.1) is 4.91 Å². The maximum absolute atomic E-state index is 12.6. The van der Waals surface area contributed by atoms with Crippen LogP contribution in [0.4, 0.5) is 0 Å². The van der Waals surface area contributed by atoms with E-state index in [2.05, 4.69) is 21.4 Å². The van der Waals surface area contributed by atoms with E-state index in [-0.39, 0.29) is 16.6 Å². The quantitative estimate of drug-likeness (QED) is 0.298. The summed E-state index contributed by atoms with van der Waals surface area (Å²) in [6.07, 6.45) is 1.85. The molecule has 0 saturated carbocycles. The van der Waals surface area contributed by atoms with Gasteiger partial charge < -0.3 is 19.3 Å². The molecule has 8 heteroatoms. The van der Waals surface area contributed by atoms with E-state index in [1.54, 1.807) is 7.11 Å². The first-order valence-electron chi connectivity index (χ1n) is 11.0. The number of likely N-dealkylation sites (N-methyl/N-ethyl adjacent to an activating group) is 1. The van der Waals surface area contributed by atoms with Crippen molar-refractivity contribution in [1.82, 2.24) is 9.80 Å². The van der Waals surface area contributed by atoms with E-state index in [9.17, 15) is 9.70 Å². The average molecular weight is 460 g/mol. The molecule has 2 aromatic rings. The molecule has 2 aromatic carbocycles. The first-order valence-corrected chi connectivity index (χ1v) is 11.8. The Balaban J connectivity index is 1.51. The van der Waals surface area contributed by atoms with Gasteiger partial charge in [0.15, 0.2) is 0 Å². The van der Waals surface area contributed by atoms with Crippen LogP contribution >= 0.6 is 11.9 Å². The van der Waals surface area contributed by atoms with Crippen LogP contribution in [0.15, 0.2) is 41.0 Å². The Bertz CT molecular complexity index is 931. The summed E-state index contributed by atoms with van der Waals surface area (Å²) in [5.41, 5.74) is 0.930. The third kappa shape index (κ3) is 6.21. The van der Waals surface area contributed by atoms with Gasteiger partial charge in [-0.05, 0) is 75.4 Å². The van der Waals surface area contributed by atoms with Gasteiger partial charge in [0.1, 0.15) is 12.4 Å². The number of esters is 1. The molecule has 0 aromatic heterocycles. The first-order chi connectivity index (χ1) is 15.4. The number of fused-ring (bicyclic) bond motifs is 1. The minimum absolute atomic E-state index is 0.159. The third-order valence-electron chi connectivity index (χ3n) is 6.33. The zero-order chi connectivity index (χ0) is 23.1. The Morgan fingerprint density at radius 3 is 2.59 bits per heavy atom. The lowest BCUT2D eigenvalue weighted by atomic mass is 9.95. The standard InChI is InChI=1S/C24H33N3O4S/c1-18(19-5-6-21-16-22(30-4)8-7-20(21)15-19)23(28)31-14-13-27(3)17-24(32-25-29)9-11-26(2)12-10-24/h5-8,15-16,18H,9-14,17H2,1-4H3/t18-/m0/s1. The van der Waals surface area contributed by atoms with Crippen LogP contribution in [0.5, 0.6) is 5.75 Å². The Morgan fingerprint density at radius 2 is 1.91 bits per heavy atom. The van der Waals surface area contributed by atoms with E-state index in [4.69, 9.17) is 9.47 Å². The van der Waals surface area contributed by atoms with Crippen molar-refractivity contribution in [2.75, 3.05) is 54.0 Å². The second kappa shape index (κ2) is 11.1. The second-order valence-electron chi connectivity index (χ2n) is 8.75. The minimum atomic E-state index is -0.346. The summed E-state index contributed by atoms with van der Waals surface area (Å²) in [5.74, 6) is 0.234. The zero-order valence-electron chi connectivity index (χ0n) is 19.4. The number of likely N-dealkylation sites (tertiary alicyclic amines) is 1. The number of carbonyl (C=O) groups is 1. The van der Waals surface area contributed by atoms with E-state index in [0.717, 1.165) is 66.5 Å². The largest absolute Gasteiger partial charge is 0.497 e. The third-order valence-corrected chi connectivity index (χ3v) is 7.33. The second-order valence-corrected chi connectivity index (χ2v) is 9.95. The highest BCUT2D eigenvalue weighted by molar-refractivity contribution is 7.99. The predicted octanol–water partition coefficient (Wildman–Crippen LogP) is 4.31. The van der Waals surface area contributed by atoms with E-state index < -0.39 is 0 Å². The number of ether oxygens (including phenoxy) is 2. The van der Waals surface area contributed by atoms with Gasteiger partial charge in [-0.3, -0.25) is 4.79 Å². The molecule has 0 bridgehead atoms.